The molecule has 0 aliphatic heterocycles. The molecule has 0 fully saturated rings. The average Bonchev–Trinajstić information content (AvgIpc) is 2.81. The third kappa shape index (κ3) is 4.37. The van der Waals surface area contributed by atoms with Crippen LogP contribution in [0.25, 0.3) is 0 Å². The molecule has 8 heteroatoms. The number of carbonyl (C=O) groups is 1. The zero-order valence-electron chi connectivity index (χ0n) is 9.70. The molecule has 0 unspecified atom stereocenters. The van der Waals surface area contributed by atoms with Crippen LogP contribution in [0.2, 0.25) is 0 Å². The molecule has 1 rings (SSSR count). The van der Waals surface area contributed by atoms with Gasteiger partial charge < -0.3 is 10.8 Å². The first-order valence-electron chi connectivity index (χ1n) is 5.45. The number of nitrogens with one attached hydrogen (secondary N) is 1. The van der Waals surface area contributed by atoms with E-state index in [4.69, 9.17) is 10.8 Å². The number of carboxylic acid groups (broad SMARTS) is 1. The minimum Gasteiger partial charge on any atom is -0.480 e. The van der Waals surface area contributed by atoms with Gasteiger partial charge in [0.1, 0.15) is 6.04 Å². The Morgan fingerprint density at radius 3 is 2.72 bits per heavy atom. The molecule has 0 aliphatic rings. The smallest absolute Gasteiger partial charge is 0.321 e. The lowest BCUT2D eigenvalue weighted by atomic mass is 10.1. The van der Waals surface area contributed by atoms with Crippen molar-refractivity contribution < 1.29 is 18.3 Å². The largest absolute Gasteiger partial charge is 0.480 e. The molecule has 1 atom stereocenters. The molecule has 1 heterocycles. The van der Waals surface area contributed by atoms with Crippen molar-refractivity contribution in [1.29, 1.82) is 0 Å². The molecule has 0 aliphatic carbocycles. The molecule has 0 aromatic carbocycles. The van der Waals surface area contributed by atoms with Crippen LogP contribution in [-0.2, 0) is 14.8 Å². The van der Waals surface area contributed by atoms with Crippen LogP contribution in [0.5, 0.6) is 0 Å². The van der Waals surface area contributed by atoms with E-state index in [2.05, 4.69) is 4.72 Å². The summed E-state index contributed by atoms with van der Waals surface area (Å²) < 4.78 is 25.9. The van der Waals surface area contributed by atoms with E-state index in [9.17, 15) is 13.2 Å². The SMILES string of the molecule is NCCCC[C@H](NS(=O)(=O)c1ccsc1)C(=O)O. The Balaban J connectivity index is 2.69. The van der Waals surface area contributed by atoms with Gasteiger partial charge >= 0.3 is 5.97 Å². The van der Waals surface area contributed by atoms with Gasteiger partial charge in [-0.1, -0.05) is 6.42 Å². The monoisotopic (exact) mass is 292 g/mol. The molecule has 0 radical (unpaired) electrons. The Morgan fingerprint density at radius 2 is 2.22 bits per heavy atom. The topological polar surface area (TPSA) is 109 Å². The van der Waals surface area contributed by atoms with Crippen molar-refractivity contribution in [2.45, 2.75) is 30.2 Å². The van der Waals surface area contributed by atoms with Crippen molar-refractivity contribution in [3.8, 4) is 0 Å². The number of sulfonamides is 1. The molecule has 0 amide bonds. The normalized spacial score (nSPS) is 13.4. The summed E-state index contributed by atoms with van der Waals surface area (Å²) in [5, 5.41) is 12.1. The molecule has 102 valence electrons. The van der Waals surface area contributed by atoms with Crippen molar-refractivity contribution in [2.24, 2.45) is 5.73 Å². The first-order valence-corrected chi connectivity index (χ1v) is 7.87. The summed E-state index contributed by atoms with van der Waals surface area (Å²) in [6.45, 7) is 0.462. The molecule has 4 N–H and O–H groups in total. The van der Waals surface area contributed by atoms with E-state index in [1.807, 2.05) is 0 Å². The van der Waals surface area contributed by atoms with Gasteiger partial charge in [0.25, 0.3) is 0 Å². The number of carboxylic acids is 1. The summed E-state index contributed by atoms with van der Waals surface area (Å²) in [5.41, 5.74) is 5.31. The van der Waals surface area contributed by atoms with Gasteiger partial charge in [-0.25, -0.2) is 8.42 Å². The predicted molar refractivity (Wildman–Crippen MR) is 69.0 cm³/mol. The van der Waals surface area contributed by atoms with Gasteiger partial charge in [0.15, 0.2) is 0 Å². The van der Waals surface area contributed by atoms with E-state index in [0.717, 1.165) is 0 Å². The Labute approximate surface area is 110 Å². The first-order chi connectivity index (χ1) is 8.47. The van der Waals surface area contributed by atoms with E-state index >= 15 is 0 Å². The Bertz CT molecular complexity index is 470. The predicted octanol–water partition coefficient (Wildman–Crippen LogP) is 0.609. The standard InChI is InChI=1S/C10H16N2O4S2/c11-5-2-1-3-9(10(13)14)12-18(15,16)8-4-6-17-7-8/h4,6-7,9,12H,1-3,5,11H2,(H,13,14)/t9-/m0/s1. The molecule has 1 aromatic rings. The highest BCUT2D eigenvalue weighted by atomic mass is 32.2. The molecule has 6 nitrogen and oxygen atoms in total. The summed E-state index contributed by atoms with van der Waals surface area (Å²) in [6.07, 6.45) is 1.47. The fraction of sp³-hybridized carbons (Fsp3) is 0.500. The number of nitrogens with two attached hydrogens (primary N) is 1. The minimum absolute atomic E-state index is 0.0950. The molecule has 0 saturated heterocycles. The zero-order valence-corrected chi connectivity index (χ0v) is 11.3. The van der Waals surface area contributed by atoms with Gasteiger partial charge in [-0.15, -0.1) is 0 Å². The van der Waals surface area contributed by atoms with E-state index in [1.165, 1.54) is 22.8 Å². The Kier molecular flexibility index (Phi) is 5.73. The molecule has 1 aromatic heterocycles. The number of rotatable bonds is 8. The minimum atomic E-state index is -3.75. The third-order valence-electron chi connectivity index (χ3n) is 2.35. The molecular formula is C10H16N2O4S2. The molecular weight excluding hydrogens is 276 g/mol. The van der Waals surface area contributed by atoms with Crippen LogP contribution in [-0.4, -0.2) is 32.1 Å². The maximum atomic E-state index is 11.8. The van der Waals surface area contributed by atoms with Crippen LogP contribution < -0.4 is 10.5 Å². The van der Waals surface area contributed by atoms with Gasteiger partial charge in [-0.3, -0.25) is 4.79 Å². The molecule has 0 spiro atoms. The fourth-order valence-corrected chi connectivity index (χ4v) is 3.64. The van der Waals surface area contributed by atoms with Crippen LogP contribution >= 0.6 is 11.3 Å². The van der Waals surface area contributed by atoms with Crippen molar-refractivity contribution in [1.82, 2.24) is 4.72 Å². The second-order valence-corrected chi connectivity index (χ2v) is 6.25. The van der Waals surface area contributed by atoms with E-state index in [-0.39, 0.29) is 11.3 Å². The molecule has 0 saturated carbocycles. The number of aliphatic carboxylic acids is 1. The highest BCUT2D eigenvalue weighted by molar-refractivity contribution is 7.89. The van der Waals surface area contributed by atoms with Crippen molar-refractivity contribution in [2.75, 3.05) is 6.54 Å². The van der Waals surface area contributed by atoms with Gasteiger partial charge in [0, 0.05) is 5.38 Å². The Hall–Kier alpha value is -0.960. The molecule has 0 bridgehead atoms. The van der Waals surface area contributed by atoms with Crippen LogP contribution in [0.1, 0.15) is 19.3 Å². The summed E-state index contributed by atoms with van der Waals surface area (Å²) in [6, 6.07) is 0.327. The fourth-order valence-electron chi connectivity index (χ4n) is 1.39. The van der Waals surface area contributed by atoms with Crippen LogP contribution in [0.3, 0.4) is 0 Å². The third-order valence-corrected chi connectivity index (χ3v) is 4.65. The van der Waals surface area contributed by atoms with Crippen molar-refractivity contribution in [3.63, 3.8) is 0 Å². The summed E-state index contributed by atoms with van der Waals surface area (Å²) >= 11 is 1.24. The van der Waals surface area contributed by atoms with Crippen LogP contribution in [0.15, 0.2) is 21.7 Å². The number of hydrogen-bond acceptors (Lipinski definition) is 5. The number of thiophene rings is 1. The van der Waals surface area contributed by atoms with Crippen LogP contribution in [0.4, 0.5) is 0 Å². The molecule has 18 heavy (non-hydrogen) atoms. The summed E-state index contributed by atoms with van der Waals surface area (Å²) in [5.74, 6) is -1.18. The van der Waals surface area contributed by atoms with E-state index in [0.29, 0.717) is 19.4 Å². The van der Waals surface area contributed by atoms with Crippen molar-refractivity contribution >= 4 is 27.3 Å². The van der Waals surface area contributed by atoms with Gasteiger partial charge in [0.2, 0.25) is 10.0 Å². The average molecular weight is 292 g/mol. The van der Waals surface area contributed by atoms with E-state index in [1.54, 1.807) is 5.38 Å². The maximum absolute atomic E-state index is 11.8. The summed E-state index contributed by atoms with van der Waals surface area (Å²) in [7, 11) is -3.75. The quantitative estimate of drug-likeness (QED) is 0.608. The zero-order chi connectivity index (χ0) is 13.6. The Morgan fingerprint density at radius 1 is 1.50 bits per heavy atom. The second-order valence-electron chi connectivity index (χ2n) is 3.76. The first kappa shape index (κ1) is 15.1. The highest BCUT2D eigenvalue weighted by Gasteiger charge is 2.24. The van der Waals surface area contributed by atoms with Gasteiger partial charge in [-0.05, 0) is 30.8 Å². The van der Waals surface area contributed by atoms with Crippen molar-refractivity contribution in [3.05, 3.63) is 16.8 Å². The second kappa shape index (κ2) is 6.83. The van der Waals surface area contributed by atoms with Crippen LogP contribution in [0, 0.1) is 0 Å². The lowest BCUT2D eigenvalue weighted by Gasteiger charge is -2.13. The number of unbranched alkanes of at least 4 members (excludes halogenated alkanes) is 1. The maximum Gasteiger partial charge on any atom is 0.321 e. The lowest BCUT2D eigenvalue weighted by molar-refractivity contribution is -0.139. The number of hydrogen-bond donors (Lipinski definition) is 3. The van der Waals surface area contributed by atoms with E-state index < -0.39 is 22.0 Å². The van der Waals surface area contributed by atoms with Gasteiger partial charge in [0.05, 0.1) is 4.90 Å². The summed E-state index contributed by atoms with van der Waals surface area (Å²) in [4.78, 5) is 11.1. The van der Waals surface area contributed by atoms with Gasteiger partial charge in [-0.2, -0.15) is 16.1 Å². The highest BCUT2D eigenvalue weighted by Crippen LogP contribution is 2.14. The lowest BCUT2D eigenvalue weighted by Crippen LogP contribution is -2.40.